The van der Waals surface area contributed by atoms with Gasteiger partial charge in [0.15, 0.2) is 0 Å². The van der Waals surface area contributed by atoms with E-state index in [0.29, 0.717) is 36.9 Å². The minimum atomic E-state index is -3.46. The van der Waals surface area contributed by atoms with Gasteiger partial charge in [-0.15, -0.1) is 0 Å². The van der Waals surface area contributed by atoms with Gasteiger partial charge in [0.2, 0.25) is 10.0 Å². The maximum absolute atomic E-state index is 12.7. The third kappa shape index (κ3) is 3.96. The third-order valence-corrected chi connectivity index (χ3v) is 5.50. The molecule has 118 valence electrons. The molecule has 0 saturated carbocycles. The Labute approximate surface area is 126 Å². The molecule has 2 rings (SSSR count). The number of methoxy groups -OCH3 is 1. The summed E-state index contributed by atoms with van der Waals surface area (Å²) in [5.41, 5.74) is 0. The predicted octanol–water partition coefficient (Wildman–Crippen LogP) is 2.13. The van der Waals surface area contributed by atoms with Crippen LogP contribution in [-0.2, 0) is 14.8 Å². The number of sulfonamides is 1. The highest BCUT2D eigenvalue weighted by Gasteiger charge is 2.30. The normalized spacial score (nSPS) is 20.4. The average Bonchev–Trinajstić information content (AvgIpc) is 2.48. The molecule has 0 bridgehead atoms. The average molecular weight is 313 g/mol. The summed E-state index contributed by atoms with van der Waals surface area (Å²) in [6, 6.07) is 6.71. The summed E-state index contributed by atoms with van der Waals surface area (Å²) in [5, 5.41) is 0. The summed E-state index contributed by atoms with van der Waals surface area (Å²) < 4.78 is 37.6. The second-order valence-corrected chi connectivity index (χ2v) is 7.17. The van der Waals surface area contributed by atoms with Crippen molar-refractivity contribution in [1.29, 1.82) is 0 Å². The number of nitrogens with zero attached hydrogens (tertiary/aromatic N) is 1. The van der Waals surface area contributed by atoms with Crippen LogP contribution in [0.3, 0.4) is 0 Å². The van der Waals surface area contributed by atoms with Crippen LogP contribution < -0.4 is 4.74 Å². The van der Waals surface area contributed by atoms with Crippen LogP contribution in [0.15, 0.2) is 29.2 Å². The number of benzene rings is 1. The van der Waals surface area contributed by atoms with Gasteiger partial charge in [-0.05, 0) is 37.8 Å². The Morgan fingerprint density at radius 2 is 2.19 bits per heavy atom. The molecule has 1 fully saturated rings. The molecule has 1 saturated heterocycles. The van der Waals surface area contributed by atoms with Crippen molar-refractivity contribution in [3.05, 3.63) is 24.3 Å². The minimum absolute atomic E-state index is 0.272. The lowest BCUT2D eigenvalue weighted by molar-refractivity contribution is 0.118. The molecule has 0 unspecified atom stereocenters. The Balaban J connectivity index is 2.18. The van der Waals surface area contributed by atoms with E-state index in [-0.39, 0.29) is 5.92 Å². The van der Waals surface area contributed by atoms with Gasteiger partial charge < -0.3 is 9.47 Å². The predicted molar refractivity (Wildman–Crippen MR) is 81.0 cm³/mol. The molecule has 0 aromatic heterocycles. The van der Waals surface area contributed by atoms with Crippen LogP contribution in [-0.4, -0.2) is 46.1 Å². The summed E-state index contributed by atoms with van der Waals surface area (Å²) in [5.74, 6) is 0.859. The van der Waals surface area contributed by atoms with Gasteiger partial charge in [-0.25, -0.2) is 8.42 Å². The molecular weight excluding hydrogens is 290 g/mol. The zero-order chi connectivity index (χ0) is 15.3. The van der Waals surface area contributed by atoms with Gasteiger partial charge in [-0.1, -0.05) is 6.07 Å². The third-order valence-electron chi connectivity index (χ3n) is 3.64. The Morgan fingerprint density at radius 1 is 1.38 bits per heavy atom. The Morgan fingerprint density at radius 3 is 2.90 bits per heavy atom. The maximum atomic E-state index is 12.7. The van der Waals surface area contributed by atoms with E-state index in [9.17, 15) is 8.42 Å². The van der Waals surface area contributed by atoms with Gasteiger partial charge in [0.05, 0.1) is 18.1 Å². The van der Waals surface area contributed by atoms with Crippen molar-refractivity contribution in [3.8, 4) is 5.75 Å². The van der Waals surface area contributed by atoms with E-state index >= 15 is 0 Å². The lowest BCUT2D eigenvalue weighted by Crippen LogP contribution is -2.41. The van der Waals surface area contributed by atoms with Crippen molar-refractivity contribution in [2.24, 2.45) is 5.92 Å². The molecule has 0 aliphatic carbocycles. The Hall–Kier alpha value is -1.11. The maximum Gasteiger partial charge on any atom is 0.243 e. The molecular formula is C15H23NO4S. The molecule has 1 aromatic carbocycles. The molecule has 0 radical (unpaired) electrons. The van der Waals surface area contributed by atoms with E-state index < -0.39 is 10.0 Å². The largest absolute Gasteiger partial charge is 0.494 e. The SMILES string of the molecule is CCOc1cccc(S(=O)(=O)N2CCC[C@H](COC)C2)c1. The molecule has 0 spiro atoms. The molecule has 21 heavy (non-hydrogen) atoms. The highest BCUT2D eigenvalue weighted by atomic mass is 32.2. The highest BCUT2D eigenvalue weighted by molar-refractivity contribution is 7.89. The van der Waals surface area contributed by atoms with Crippen molar-refractivity contribution in [2.45, 2.75) is 24.7 Å². The van der Waals surface area contributed by atoms with Gasteiger partial charge in [-0.3, -0.25) is 0 Å². The summed E-state index contributed by atoms with van der Waals surface area (Å²) in [4.78, 5) is 0.298. The quantitative estimate of drug-likeness (QED) is 0.807. The van der Waals surface area contributed by atoms with E-state index in [1.807, 2.05) is 6.92 Å². The van der Waals surface area contributed by atoms with Crippen molar-refractivity contribution >= 4 is 10.0 Å². The molecule has 1 heterocycles. The topological polar surface area (TPSA) is 55.8 Å². The Kier molecular flexibility index (Phi) is 5.61. The zero-order valence-electron chi connectivity index (χ0n) is 12.6. The first-order chi connectivity index (χ1) is 10.1. The van der Waals surface area contributed by atoms with Crippen molar-refractivity contribution in [3.63, 3.8) is 0 Å². The molecule has 0 N–H and O–H groups in total. The van der Waals surface area contributed by atoms with Crippen LogP contribution in [0.25, 0.3) is 0 Å². The fourth-order valence-electron chi connectivity index (χ4n) is 2.66. The number of hydrogen-bond donors (Lipinski definition) is 0. The second-order valence-electron chi connectivity index (χ2n) is 5.23. The van der Waals surface area contributed by atoms with Gasteiger partial charge in [0.1, 0.15) is 5.75 Å². The van der Waals surface area contributed by atoms with E-state index in [4.69, 9.17) is 9.47 Å². The first kappa shape index (κ1) is 16.3. The molecule has 1 aliphatic heterocycles. The van der Waals surface area contributed by atoms with E-state index in [2.05, 4.69) is 0 Å². The highest BCUT2D eigenvalue weighted by Crippen LogP contribution is 2.26. The fraction of sp³-hybridized carbons (Fsp3) is 0.600. The number of piperidine rings is 1. The number of hydrogen-bond acceptors (Lipinski definition) is 4. The van der Waals surface area contributed by atoms with Crippen LogP contribution in [0.2, 0.25) is 0 Å². The van der Waals surface area contributed by atoms with Gasteiger partial charge in [-0.2, -0.15) is 4.31 Å². The zero-order valence-corrected chi connectivity index (χ0v) is 13.4. The van der Waals surface area contributed by atoms with Crippen LogP contribution in [0.1, 0.15) is 19.8 Å². The van der Waals surface area contributed by atoms with Crippen LogP contribution in [0.4, 0.5) is 0 Å². The number of ether oxygens (including phenoxy) is 2. The Bertz CT molecular complexity index is 557. The summed E-state index contributed by atoms with van der Waals surface area (Å²) in [7, 11) is -1.80. The minimum Gasteiger partial charge on any atom is -0.494 e. The van der Waals surface area contributed by atoms with E-state index in [1.165, 1.54) is 0 Å². The molecule has 1 aliphatic rings. The smallest absolute Gasteiger partial charge is 0.243 e. The first-order valence-electron chi connectivity index (χ1n) is 7.30. The number of rotatable bonds is 6. The van der Waals surface area contributed by atoms with Gasteiger partial charge in [0.25, 0.3) is 0 Å². The van der Waals surface area contributed by atoms with Crippen molar-refractivity contribution in [1.82, 2.24) is 4.31 Å². The monoisotopic (exact) mass is 313 g/mol. The first-order valence-corrected chi connectivity index (χ1v) is 8.74. The van der Waals surface area contributed by atoms with Crippen LogP contribution >= 0.6 is 0 Å². The molecule has 1 atom stereocenters. The van der Waals surface area contributed by atoms with Crippen LogP contribution in [0.5, 0.6) is 5.75 Å². The molecule has 5 nitrogen and oxygen atoms in total. The lowest BCUT2D eigenvalue weighted by Gasteiger charge is -2.31. The molecule has 1 aromatic rings. The van der Waals surface area contributed by atoms with E-state index in [0.717, 1.165) is 12.8 Å². The molecule has 0 amide bonds. The van der Waals surface area contributed by atoms with Gasteiger partial charge >= 0.3 is 0 Å². The standard InChI is InChI=1S/C15H23NO4S/c1-3-20-14-7-4-8-15(10-14)21(17,18)16-9-5-6-13(11-16)12-19-2/h4,7-8,10,13H,3,5-6,9,11-12H2,1-2H3/t13-/m0/s1. The summed E-state index contributed by atoms with van der Waals surface area (Å²) >= 11 is 0. The fourth-order valence-corrected chi connectivity index (χ4v) is 4.25. The lowest BCUT2D eigenvalue weighted by atomic mass is 10.0. The summed E-state index contributed by atoms with van der Waals surface area (Å²) in [6.45, 7) is 4.09. The second kappa shape index (κ2) is 7.24. The van der Waals surface area contributed by atoms with Crippen LogP contribution in [0, 0.1) is 5.92 Å². The molecule has 6 heteroatoms. The van der Waals surface area contributed by atoms with Crippen molar-refractivity contribution < 1.29 is 17.9 Å². The van der Waals surface area contributed by atoms with E-state index in [1.54, 1.807) is 35.7 Å². The van der Waals surface area contributed by atoms with Gasteiger partial charge in [0, 0.05) is 26.3 Å². The van der Waals surface area contributed by atoms with Crippen molar-refractivity contribution in [2.75, 3.05) is 33.4 Å². The summed E-state index contributed by atoms with van der Waals surface area (Å²) in [6.07, 6.45) is 1.89.